The average molecular weight is 1070 g/mol. The normalized spacial score (nSPS) is 12.7. The van der Waals surface area contributed by atoms with Crippen LogP contribution in [0.2, 0.25) is 0 Å². The zero-order chi connectivity index (χ0) is 55.0. The largest absolute Gasteiger partial charge is 0.466 e. The lowest BCUT2D eigenvalue weighted by molar-refractivity contribution is -0.143. The Labute approximate surface area is 474 Å². The smallest absolute Gasteiger partial charge is 0.305 e. The third kappa shape index (κ3) is 61.3. The van der Waals surface area contributed by atoms with Gasteiger partial charge >= 0.3 is 5.97 Å². The Bertz CT molecular complexity index is 1230. The summed E-state index contributed by atoms with van der Waals surface area (Å²) in [6, 6.07) is -0.623. The second-order valence-corrected chi connectivity index (χ2v) is 23.5. The predicted molar refractivity (Wildman–Crippen MR) is 333 cm³/mol. The van der Waals surface area contributed by atoms with Crippen molar-refractivity contribution in [3.63, 3.8) is 0 Å². The summed E-state index contributed by atoms with van der Waals surface area (Å²) in [4.78, 5) is 24.5. The van der Waals surface area contributed by atoms with Crippen molar-refractivity contribution in [3.05, 3.63) is 36.5 Å². The van der Waals surface area contributed by atoms with Gasteiger partial charge in [-0.15, -0.1) is 0 Å². The Morgan fingerprint density at radius 3 is 0.934 bits per heavy atom. The van der Waals surface area contributed by atoms with Crippen LogP contribution < -0.4 is 5.32 Å². The summed E-state index contributed by atoms with van der Waals surface area (Å²) in [5.74, 6) is -0.0537. The van der Waals surface area contributed by atoms with Crippen molar-refractivity contribution in [2.75, 3.05) is 13.2 Å². The Morgan fingerprint density at radius 2 is 0.618 bits per heavy atom. The quantitative estimate of drug-likeness (QED) is 0.0320. The lowest BCUT2D eigenvalue weighted by Gasteiger charge is -2.20. The summed E-state index contributed by atoms with van der Waals surface area (Å²) in [5.41, 5.74) is 0. The maximum absolute atomic E-state index is 12.4. The Balaban J connectivity index is 3.33. The van der Waals surface area contributed by atoms with Crippen molar-refractivity contribution >= 4 is 11.9 Å². The van der Waals surface area contributed by atoms with Gasteiger partial charge in [0, 0.05) is 12.8 Å². The molecular weight excluding hydrogens is 935 g/mol. The molecule has 3 N–H and O–H groups in total. The van der Waals surface area contributed by atoms with E-state index in [0.717, 1.165) is 44.9 Å². The number of hydrogen-bond acceptors (Lipinski definition) is 5. The Kier molecular flexibility index (Phi) is 63.9. The first-order valence-electron chi connectivity index (χ1n) is 34.3. The van der Waals surface area contributed by atoms with Gasteiger partial charge in [0.05, 0.1) is 25.4 Å². The number of amides is 1. The number of carbonyl (C=O) groups is 2. The molecule has 0 aliphatic carbocycles. The maximum Gasteiger partial charge on any atom is 0.305 e. The average Bonchev–Trinajstić information content (AvgIpc) is 3.42. The van der Waals surface area contributed by atoms with Gasteiger partial charge in [-0.1, -0.05) is 314 Å². The minimum atomic E-state index is -0.840. The molecule has 6 nitrogen and oxygen atoms in total. The van der Waals surface area contributed by atoms with E-state index in [9.17, 15) is 19.8 Å². The van der Waals surface area contributed by atoms with Crippen LogP contribution in [0.3, 0.4) is 0 Å². The van der Waals surface area contributed by atoms with Crippen LogP contribution >= 0.6 is 0 Å². The molecule has 0 spiro atoms. The second kappa shape index (κ2) is 65.6. The molecule has 0 rings (SSSR count). The zero-order valence-electron chi connectivity index (χ0n) is 51.3. The summed E-state index contributed by atoms with van der Waals surface area (Å²) in [7, 11) is 0. The third-order valence-electron chi connectivity index (χ3n) is 15.9. The van der Waals surface area contributed by atoms with Crippen LogP contribution in [0.1, 0.15) is 373 Å². The lowest BCUT2D eigenvalue weighted by Crippen LogP contribution is -2.45. The number of hydrogen-bond donors (Lipinski definition) is 3. The van der Waals surface area contributed by atoms with Gasteiger partial charge in [-0.05, 0) is 83.5 Å². The minimum Gasteiger partial charge on any atom is -0.466 e. The number of ether oxygens (including phenoxy) is 1. The van der Waals surface area contributed by atoms with Crippen LogP contribution in [-0.2, 0) is 14.3 Å². The molecule has 0 aliphatic heterocycles. The van der Waals surface area contributed by atoms with E-state index >= 15 is 0 Å². The van der Waals surface area contributed by atoms with Crippen molar-refractivity contribution < 1.29 is 24.5 Å². The lowest BCUT2D eigenvalue weighted by atomic mass is 10.0. The van der Waals surface area contributed by atoms with Gasteiger partial charge < -0.3 is 20.3 Å². The number of carbonyl (C=O) groups excluding carboxylic acids is 2. The summed E-state index contributed by atoms with van der Waals surface area (Å²) < 4.78 is 5.49. The molecule has 0 aromatic carbocycles. The van der Waals surface area contributed by atoms with Gasteiger partial charge in [-0.3, -0.25) is 9.59 Å². The number of aliphatic hydroxyl groups is 2. The fourth-order valence-corrected chi connectivity index (χ4v) is 10.6. The number of esters is 1. The van der Waals surface area contributed by atoms with E-state index < -0.39 is 12.1 Å². The van der Waals surface area contributed by atoms with E-state index in [0.29, 0.717) is 19.4 Å². The van der Waals surface area contributed by atoms with Gasteiger partial charge in [0.25, 0.3) is 0 Å². The standard InChI is InChI=1S/C70H133NO5/c1-3-5-7-9-11-13-15-16-41-44-48-52-56-60-64-70(75)76-65-61-57-53-49-45-42-39-37-35-33-31-29-27-25-23-21-19-17-18-20-22-24-26-28-30-32-34-36-38-40-43-47-51-55-59-63-69(74)71-67(66-72)68(73)62-58-54-50-46-14-12-10-8-6-4-2/h15-16,19,21,58,62,67-68,72-73H,3-14,17-18,20,22-57,59-61,63-66H2,1-2H3,(H,71,74)/b16-15-,21-19-,62-58+. The molecular formula is C70H133NO5. The van der Waals surface area contributed by atoms with Crippen molar-refractivity contribution in [1.82, 2.24) is 5.32 Å². The molecule has 0 fully saturated rings. The molecule has 0 heterocycles. The Hall–Kier alpha value is -1.92. The molecule has 6 heteroatoms. The van der Waals surface area contributed by atoms with Crippen LogP contribution in [0.15, 0.2) is 36.5 Å². The molecule has 2 atom stereocenters. The molecule has 0 aromatic heterocycles. The van der Waals surface area contributed by atoms with Gasteiger partial charge in [0.1, 0.15) is 0 Å². The SMILES string of the molecule is CCCCCCC/C=C\CCCCCCCC(=O)OCCCCCCCCCCCCCCCC/C=C\CCCCCCCCCCCCCCCCCCCC(=O)NC(CO)C(O)/C=C/CCCCCCCCCC. The van der Waals surface area contributed by atoms with Gasteiger partial charge in [-0.2, -0.15) is 0 Å². The molecule has 0 aromatic rings. The first kappa shape index (κ1) is 74.1. The molecule has 0 aliphatic rings. The van der Waals surface area contributed by atoms with Gasteiger partial charge in [0.15, 0.2) is 0 Å². The van der Waals surface area contributed by atoms with E-state index in [-0.39, 0.29) is 18.5 Å². The summed E-state index contributed by atoms with van der Waals surface area (Å²) in [5, 5.41) is 23.0. The highest BCUT2D eigenvalue weighted by atomic mass is 16.5. The summed E-state index contributed by atoms with van der Waals surface area (Å²) in [6.07, 6.45) is 83.8. The second-order valence-electron chi connectivity index (χ2n) is 23.5. The molecule has 448 valence electrons. The van der Waals surface area contributed by atoms with Crippen LogP contribution in [0.4, 0.5) is 0 Å². The molecule has 0 saturated heterocycles. The monoisotopic (exact) mass is 1070 g/mol. The fourth-order valence-electron chi connectivity index (χ4n) is 10.6. The highest BCUT2D eigenvalue weighted by Crippen LogP contribution is 2.18. The fraction of sp³-hybridized carbons (Fsp3) is 0.886. The highest BCUT2D eigenvalue weighted by molar-refractivity contribution is 5.76. The van der Waals surface area contributed by atoms with E-state index in [1.54, 1.807) is 6.08 Å². The van der Waals surface area contributed by atoms with E-state index in [1.807, 2.05) is 6.08 Å². The zero-order valence-corrected chi connectivity index (χ0v) is 51.3. The topological polar surface area (TPSA) is 95.9 Å². The molecule has 2 unspecified atom stereocenters. The number of nitrogens with one attached hydrogen (secondary N) is 1. The van der Waals surface area contributed by atoms with Crippen LogP contribution in [-0.4, -0.2) is 47.4 Å². The van der Waals surface area contributed by atoms with Gasteiger partial charge in [0.2, 0.25) is 5.91 Å². The van der Waals surface area contributed by atoms with Gasteiger partial charge in [-0.25, -0.2) is 0 Å². The third-order valence-corrected chi connectivity index (χ3v) is 15.9. The van der Waals surface area contributed by atoms with E-state index in [2.05, 4.69) is 43.5 Å². The van der Waals surface area contributed by atoms with Crippen molar-refractivity contribution in [1.29, 1.82) is 0 Å². The summed E-state index contributed by atoms with van der Waals surface area (Å²) in [6.45, 7) is 4.89. The van der Waals surface area contributed by atoms with Crippen molar-refractivity contribution in [3.8, 4) is 0 Å². The molecule has 0 saturated carbocycles. The molecule has 1 amide bonds. The summed E-state index contributed by atoms with van der Waals surface area (Å²) >= 11 is 0. The number of allylic oxidation sites excluding steroid dienone is 5. The first-order chi connectivity index (χ1) is 37.5. The number of aliphatic hydroxyl groups excluding tert-OH is 2. The van der Waals surface area contributed by atoms with Crippen LogP contribution in [0.25, 0.3) is 0 Å². The highest BCUT2D eigenvalue weighted by Gasteiger charge is 2.18. The van der Waals surface area contributed by atoms with E-state index in [1.165, 1.54) is 302 Å². The number of unbranched alkanes of at least 4 members (excludes halogenated alkanes) is 49. The Morgan fingerprint density at radius 1 is 0.355 bits per heavy atom. The van der Waals surface area contributed by atoms with Crippen LogP contribution in [0.5, 0.6) is 0 Å². The predicted octanol–water partition coefficient (Wildman–Crippen LogP) is 21.9. The van der Waals surface area contributed by atoms with Crippen molar-refractivity contribution in [2.45, 2.75) is 386 Å². The first-order valence-corrected chi connectivity index (χ1v) is 34.3. The van der Waals surface area contributed by atoms with E-state index in [4.69, 9.17) is 4.74 Å². The molecule has 76 heavy (non-hydrogen) atoms. The minimum absolute atomic E-state index is 0.0115. The molecule has 0 radical (unpaired) electrons. The van der Waals surface area contributed by atoms with Crippen molar-refractivity contribution in [2.24, 2.45) is 0 Å². The number of rotatable bonds is 64. The van der Waals surface area contributed by atoms with Crippen LogP contribution in [0, 0.1) is 0 Å². The molecule has 0 bridgehead atoms. The maximum atomic E-state index is 12.4.